The van der Waals surface area contributed by atoms with Crippen LogP contribution in [0.25, 0.3) is 0 Å². The first-order chi connectivity index (χ1) is 46.0. The first-order valence-electron chi connectivity index (χ1n) is 33.4. The topological polar surface area (TPSA) is 300 Å². The van der Waals surface area contributed by atoms with E-state index in [2.05, 4.69) is 36.1 Å². The van der Waals surface area contributed by atoms with Gasteiger partial charge >= 0.3 is 36.1 Å². The van der Waals surface area contributed by atoms with E-state index in [-0.39, 0.29) is 70.1 Å². The number of carboxylic acid groups (broad SMARTS) is 2. The predicted octanol–water partition coefficient (Wildman–Crippen LogP) is 9.51. The normalized spacial score (nSPS) is 17.0. The highest BCUT2D eigenvalue weighted by Gasteiger charge is 2.40. The summed E-state index contributed by atoms with van der Waals surface area (Å²) < 4.78 is 35.1. The van der Waals surface area contributed by atoms with E-state index in [1.807, 2.05) is 93.7 Å². The second kappa shape index (κ2) is 35.8. The van der Waals surface area contributed by atoms with Gasteiger partial charge in [-0.05, 0) is 165 Å². The number of unbranched alkanes of at least 4 members (excludes halogenated alkanes) is 2. The minimum Gasteiger partial charge on any atom is -0.494 e. The SMILES string of the molecule is CC(C)(C)NC(=O)[C@@H]1CN(Cc2cccnc2)CCN1C[C@H](C[C@@H](Cc1ccccc1)C(=O)N[C@H]1c2ccccc2C[C@H]1OC(=O)CCCCOc1ccc(C[C@H](NC(=O)OC(C)(C)C)C(=O)O)cc1)OC(=O)CCCCOc1ccc(C[C@H](NC(=O)OC(C)(C)C)C(=O)O)cc1. The molecule has 4 aromatic carbocycles. The third-order valence-corrected chi connectivity index (χ3v) is 16.0. The highest BCUT2D eigenvalue weighted by atomic mass is 16.6. The summed E-state index contributed by atoms with van der Waals surface area (Å²) in [6.07, 6.45) is 3.03. The number of carboxylic acids is 2. The summed E-state index contributed by atoms with van der Waals surface area (Å²) in [5.41, 5.74) is 2.80. The molecule has 0 unspecified atom stereocenters. The number of amides is 4. The van der Waals surface area contributed by atoms with E-state index in [9.17, 15) is 43.8 Å². The number of hydrogen-bond acceptors (Lipinski definition) is 17. The maximum absolute atomic E-state index is 15.3. The lowest BCUT2D eigenvalue weighted by Gasteiger charge is -2.42. The van der Waals surface area contributed by atoms with E-state index in [1.54, 1.807) is 96.3 Å². The molecule has 1 aliphatic heterocycles. The molecule has 97 heavy (non-hydrogen) atoms. The smallest absolute Gasteiger partial charge is 0.408 e. The number of nitrogens with one attached hydrogen (secondary N) is 4. The van der Waals surface area contributed by atoms with E-state index in [0.717, 1.165) is 22.3 Å². The lowest BCUT2D eigenvalue weighted by atomic mass is 9.91. The number of rotatable bonds is 33. The van der Waals surface area contributed by atoms with Crippen molar-refractivity contribution in [1.82, 2.24) is 36.1 Å². The molecule has 0 radical (unpaired) electrons. The predicted molar refractivity (Wildman–Crippen MR) is 362 cm³/mol. The Labute approximate surface area is 569 Å². The summed E-state index contributed by atoms with van der Waals surface area (Å²) in [6.45, 7) is 18.6. The van der Waals surface area contributed by atoms with Crippen LogP contribution in [0.2, 0.25) is 0 Å². The van der Waals surface area contributed by atoms with Crippen LogP contribution >= 0.6 is 0 Å². The van der Waals surface area contributed by atoms with E-state index >= 15 is 4.79 Å². The van der Waals surface area contributed by atoms with Gasteiger partial charge in [-0.25, -0.2) is 19.2 Å². The van der Waals surface area contributed by atoms with E-state index < -0.39 is 95.1 Å². The molecule has 6 N–H and O–H groups in total. The fourth-order valence-electron chi connectivity index (χ4n) is 11.5. The van der Waals surface area contributed by atoms with Gasteiger partial charge in [0.2, 0.25) is 11.8 Å². The van der Waals surface area contributed by atoms with Crippen molar-refractivity contribution in [3.63, 3.8) is 0 Å². The van der Waals surface area contributed by atoms with Gasteiger partial charge in [0.1, 0.15) is 53.0 Å². The molecule has 524 valence electrons. The zero-order valence-corrected chi connectivity index (χ0v) is 57.3. The largest absolute Gasteiger partial charge is 0.494 e. The number of aliphatic carboxylic acids is 2. The van der Waals surface area contributed by atoms with Crippen molar-refractivity contribution in [1.29, 1.82) is 0 Å². The Morgan fingerprint density at radius 2 is 1.14 bits per heavy atom. The van der Waals surface area contributed by atoms with Gasteiger partial charge in [0, 0.05) is 88.7 Å². The second-order valence-electron chi connectivity index (χ2n) is 27.9. The molecule has 1 aromatic heterocycles. The zero-order valence-electron chi connectivity index (χ0n) is 57.3. The van der Waals surface area contributed by atoms with Gasteiger partial charge in [0.25, 0.3) is 0 Å². The highest BCUT2D eigenvalue weighted by molar-refractivity contribution is 5.83. The molecule has 7 atom stereocenters. The molecule has 7 rings (SSSR count). The number of benzene rings is 4. The Morgan fingerprint density at radius 3 is 1.68 bits per heavy atom. The summed E-state index contributed by atoms with van der Waals surface area (Å²) in [6, 6.07) is 31.1. The molecule has 0 bridgehead atoms. The fourth-order valence-corrected chi connectivity index (χ4v) is 11.5. The summed E-state index contributed by atoms with van der Waals surface area (Å²) >= 11 is 0. The molecule has 0 spiro atoms. The van der Waals surface area contributed by atoms with Crippen LogP contribution < -0.4 is 30.7 Å². The number of piperazine rings is 1. The Bertz CT molecular complexity index is 3390. The molecule has 0 saturated carbocycles. The molecular weight excluding hydrogens is 1240 g/mol. The number of carbonyl (C=O) groups excluding carboxylic acids is 6. The number of esters is 2. The average Bonchev–Trinajstić information content (AvgIpc) is 1.70. The van der Waals surface area contributed by atoms with Gasteiger partial charge in [-0.15, -0.1) is 0 Å². The van der Waals surface area contributed by atoms with Crippen molar-refractivity contribution >= 4 is 47.9 Å². The van der Waals surface area contributed by atoms with Crippen LogP contribution in [0.4, 0.5) is 9.59 Å². The minimum absolute atomic E-state index is 0.0146. The van der Waals surface area contributed by atoms with Crippen molar-refractivity contribution in [3.05, 3.63) is 161 Å². The van der Waals surface area contributed by atoms with Crippen LogP contribution in [0.3, 0.4) is 0 Å². The third kappa shape index (κ3) is 26.5. The summed E-state index contributed by atoms with van der Waals surface area (Å²) in [4.78, 5) is 115. The monoisotopic (exact) mass is 1340 g/mol. The summed E-state index contributed by atoms with van der Waals surface area (Å²) in [7, 11) is 0. The lowest BCUT2D eigenvalue weighted by Crippen LogP contribution is -2.62. The van der Waals surface area contributed by atoms with Crippen molar-refractivity contribution < 1.29 is 77.0 Å². The van der Waals surface area contributed by atoms with E-state index in [4.69, 9.17) is 28.4 Å². The fraction of sp³-hybridized carbons (Fsp3) is 0.500. The molecule has 1 fully saturated rings. The summed E-state index contributed by atoms with van der Waals surface area (Å²) in [5, 5.41) is 30.8. The number of aromatic nitrogens is 1. The van der Waals surface area contributed by atoms with Crippen molar-refractivity contribution in [2.24, 2.45) is 5.92 Å². The lowest BCUT2D eigenvalue weighted by molar-refractivity contribution is -0.153. The third-order valence-electron chi connectivity index (χ3n) is 16.0. The molecule has 23 nitrogen and oxygen atoms in total. The average molecular weight is 1340 g/mol. The molecule has 5 aromatic rings. The maximum atomic E-state index is 15.3. The maximum Gasteiger partial charge on any atom is 0.408 e. The van der Waals surface area contributed by atoms with Crippen LogP contribution in [-0.2, 0) is 79.9 Å². The number of carbonyl (C=O) groups is 8. The van der Waals surface area contributed by atoms with E-state index in [1.165, 1.54) is 0 Å². The Balaban J connectivity index is 1.01. The Morgan fingerprint density at radius 1 is 0.608 bits per heavy atom. The first-order valence-corrected chi connectivity index (χ1v) is 33.4. The van der Waals surface area contributed by atoms with Crippen molar-refractivity contribution in [3.8, 4) is 11.5 Å². The summed E-state index contributed by atoms with van der Waals surface area (Å²) in [5.74, 6) is -3.53. The van der Waals surface area contributed by atoms with Crippen molar-refractivity contribution in [2.45, 2.75) is 193 Å². The highest BCUT2D eigenvalue weighted by Crippen LogP contribution is 2.35. The molecule has 4 amide bonds. The molecule has 2 aliphatic rings. The van der Waals surface area contributed by atoms with Gasteiger partial charge in [-0.2, -0.15) is 0 Å². The van der Waals surface area contributed by atoms with Crippen LogP contribution in [0.5, 0.6) is 11.5 Å². The Kier molecular flexibility index (Phi) is 27.8. The van der Waals surface area contributed by atoms with Gasteiger partial charge in [-0.3, -0.25) is 34.0 Å². The second-order valence-corrected chi connectivity index (χ2v) is 27.9. The Hall–Kier alpha value is -9.09. The quantitative estimate of drug-likeness (QED) is 0.0129. The van der Waals surface area contributed by atoms with Gasteiger partial charge in [0.15, 0.2) is 0 Å². The number of ether oxygens (including phenoxy) is 6. The molecular formula is C74H97N7O16. The van der Waals surface area contributed by atoms with Crippen LogP contribution in [0, 0.1) is 5.92 Å². The van der Waals surface area contributed by atoms with E-state index in [0.29, 0.717) is 80.9 Å². The number of alkyl carbamates (subject to hydrolysis) is 2. The van der Waals surface area contributed by atoms with Gasteiger partial charge in [-0.1, -0.05) is 84.9 Å². The van der Waals surface area contributed by atoms with Crippen LogP contribution in [-0.4, -0.2) is 159 Å². The van der Waals surface area contributed by atoms with Crippen LogP contribution in [0.1, 0.15) is 147 Å². The zero-order chi connectivity index (χ0) is 70.3. The van der Waals surface area contributed by atoms with Crippen LogP contribution in [0.15, 0.2) is 128 Å². The first kappa shape index (κ1) is 75.3. The number of pyridine rings is 1. The van der Waals surface area contributed by atoms with Crippen molar-refractivity contribution in [2.75, 3.05) is 39.4 Å². The number of nitrogens with zero attached hydrogens (tertiary/aromatic N) is 3. The number of fused-ring (bicyclic) bond motifs is 1. The van der Waals surface area contributed by atoms with Gasteiger partial charge in [0.05, 0.1) is 19.3 Å². The standard InChI is InChI=1S/C74H97N7O16/c1-72(2,3)79-67(85)61-48-80(46-52-22-19-35-75-45-52)36-37-81(61)47-57(94-63(82)25-15-17-38-92-55-31-27-50(28-32-55)41-59(68(86)87)76-70(90)96-73(4,5)6)43-54(40-49-20-11-10-12-21-49)66(84)78-65-58-24-14-13-23-53(58)44-62(65)95-64(83)26-16-18-39-93-56-33-29-51(30-34-56)42-60(69(88)89)77-71(91)97-74(7,8)9/h10-14,19-24,27-35,45,54,57,59-62,65H,15-18,25-26,36-44,46-48H2,1-9H3,(H,76,90)(H,77,91)(H,78,84)(H,79,85)(H,86,87)(H,88,89)/t54-,57+,59+,60+,61+,62-,65+/m1/s1. The minimum atomic E-state index is -1.22. The number of hydrogen-bond donors (Lipinski definition) is 6. The molecule has 1 aliphatic carbocycles. The molecule has 2 heterocycles. The van der Waals surface area contributed by atoms with Gasteiger partial charge < -0.3 is 59.9 Å². The molecule has 1 saturated heterocycles. The molecule has 23 heteroatoms.